The number of rotatable bonds is 2. The van der Waals surface area contributed by atoms with Crippen molar-refractivity contribution in [2.45, 2.75) is 26.3 Å². The molecule has 0 saturated carbocycles. The van der Waals surface area contributed by atoms with Gasteiger partial charge in [-0.25, -0.2) is 0 Å². The van der Waals surface area contributed by atoms with E-state index in [1.807, 2.05) is 4.90 Å². The summed E-state index contributed by atoms with van der Waals surface area (Å²) in [6, 6.07) is 0.228. The van der Waals surface area contributed by atoms with Crippen molar-refractivity contribution in [3.8, 4) is 0 Å². The quantitative estimate of drug-likeness (QED) is 0.621. The van der Waals surface area contributed by atoms with Crippen molar-refractivity contribution in [1.82, 2.24) is 4.90 Å². The Bertz CT molecular complexity index is 150. The van der Waals surface area contributed by atoms with Crippen molar-refractivity contribution in [2.24, 2.45) is 11.7 Å². The maximum absolute atomic E-state index is 11.3. The van der Waals surface area contributed by atoms with Gasteiger partial charge < -0.3 is 10.6 Å². The van der Waals surface area contributed by atoms with E-state index in [-0.39, 0.29) is 11.9 Å². The summed E-state index contributed by atoms with van der Waals surface area (Å²) in [5.74, 6) is 0.709. The summed E-state index contributed by atoms with van der Waals surface area (Å²) in [5, 5.41) is 0. The van der Waals surface area contributed by atoms with Gasteiger partial charge in [0.15, 0.2) is 0 Å². The van der Waals surface area contributed by atoms with Gasteiger partial charge in [0.25, 0.3) is 0 Å². The Labute approximate surface area is 67.5 Å². The summed E-state index contributed by atoms with van der Waals surface area (Å²) in [6.45, 7) is 5.62. The number of hydrogen-bond donors (Lipinski definition) is 1. The molecule has 1 aliphatic heterocycles. The molecular formula is C8H16N2O. The number of carbonyl (C=O) groups is 1. The monoisotopic (exact) mass is 156 g/mol. The molecule has 2 N–H and O–H groups in total. The minimum Gasteiger partial charge on any atom is -0.339 e. The lowest BCUT2D eigenvalue weighted by Crippen LogP contribution is -2.57. The fourth-order valence-corrected chi connectivity index (χ4v) is 1.19. The molecular weight excluding hydrogens is 140 g/mol. The predicted molar refractivity (Wildman–Crippen MR) is 44.0 cm³/mol. The van der Waals surface area contributed by atoms with E-state index in [4.69, 9.17) is 5.73 Å². The Morgan fingerprint density at radius 1 is 1.64 bits per heavy atom. The van der Waals surface area contributed by atoms with Gasteiger partial charge in [-0.3, -0.25) is 4.79 Å². The highest BCUT2D eigenvalue weighted by Gasteiger charge is 2.27. The first kappa shape index (κ1) is 8.53. The lowest BCUT2D eigenvalue weighted by Gasteiger charge is -2.37. The molecule has 0 aromatic carbocycles. The normalized spacial score (nSPS) is 18.7. The average Bonchev–Trinajstić information content (AvgIpc) is 1.79. The fourth-order valence-electron chi connectivity index (χ4n) is 1.19. The largest absolute Gasteiger partial charge is 0.339 e. The lowest BCUT2D eigenvalue weighted by atomic mass is 10.1. The zero-order valence-electron chi connectivity index (χ0n) is 7.21. The maximum Gasteiger partial charge on any atom is 0.222 e. The third-order valence-corrected chi connectivity index (χ3v) is 1.85. The van der Waals surface area contributed by atoms with Crippen LogP contribution in [0.1, 0.15) is 20.3 Å². The van der Waals surface area contributed by atoms with E-state index in [0.29, 0.717) is 12.3 Å². The molecule has 0 unspecified atom stereocenters. The number of carbonyl (C=O) groups excluding carboxylic acids is 1. The van der Waals surface area contributed by atoms with Gasteiger partial charge in [-0.15, -0.1) is 0 Å². The Morgan fingerprint density at radius 3 is 2.55 bits per heavy atom. The molecule has 0 aromatic rings. The summed E-state index contributed by atoms with van der Waals surface area (Å²) >= 11 is 0. The highest BCUT2D eigenvalue weighted by atomic mass is 16.2. The van der Waals surface area contributed by atoms with E-state index < -0.39 is 0 Å². The summed E-state index contributed by atoms with van der Waals surface area (Å²) in [5.41, 5.74) is 5.54. The molecule has 0 aliphatic carbocycles. The second-order valence-electron chi connectivity index (χ2n) is 3.66. The average molecular weight is 156 g/mol. The summed E-state index contributed by atoms with van der Waals surface area (Å²) in [7, 11) is 0. The van der Waals surface area contributed by atoms with Crippen LogP contribution in [0.4, 0.5) is 0 Å². The van der Waals surface area contributed by atoms with Crippen LogP contribution in [0.2, 0.25) is 0 Å². The second-order valence-corrected chi connectivity index (χ2v) is 3.66. The van der Waals surface area contributed by atoms with E-state index >= 15 is 0 Å². The first-order valence-electron chi connectivity index (χ1n) is 4.13. The maximum atomic E-state index is 11.3. The van der Waals surface area contributed by atoms with Gasteiger partial charge in [0.1, 0.15) is 0 Å². The number of likely N-dealkylation sites (tertiary alicyclic amines) is 1. The number of nitrogens with zero attached hydrogens (tertiary/aromatic N) is 1. The minimum atomic E-state index is 0.228. The van der Waals surface area contributed by atoms with Gasteiger partial charge in [-0.1, -0.05) is 13.8 Å². The zero-order chi connectivity index (χ0) is 8.43. The van der Waals surface area contributed by atoms with Gasteiger partial charge >= 0.3 is 0 Å². The highest BCUT2D eigenvalue weighted by Crippen LogP contribution is 2.10. The van der Waals surface area contributed by atoms with Crippen molar-refractivity contribution in [3.05, 3.63) is 0 Å². The Morgan fingerprint density at radius 2 is 2.18 bits per heavy atom. The van der Waals surface area contributed by atoms with Crippen molar-refractivity contribution in [3.63, 3.8) is 0 Å². The molecule has 3 heteroatoms. The van der Waals surface area contributed by atoms with Gasteiger partial charge in [-0.2, -0.15) is 0 Å². The van der Waals surface area contributed by atoms with Crippen LogP contribution in [-0.4, -0.2) is 29.9 Å². The van der Waals surface area contributed by atoms with Crippen LogP contribution in [0.15, 0.2) is 0 Å². The topological polar surface area (TPSA) is 46.3 Å². The molecule has 11 heavy (non-hydrogen) atoms. The molecule has 0 aromatic heterocycles. The molecule has 0 bridgehead atoms. The van der Waals surface area contributed by atoms with Crippen LogP contribution in [-0.2, 0) is 4.79 Å². The highest BCUT2D eigenvalue weighted by molar-refractivity contribution is 5.77. The Kier molecular flexibility index (Phi) is 2.49. The Balaban J connectivity index is 2.21. The first-order chi connectivity index (χ1) is 5.09. The molecule has 64 valence electrons. The van der Waals surface area contributed by atoms with Crippen LogP contribution < -0.4 is 5.73 Å². The van der Waals surface area contributed by atoms with Crippen molar-refractivity contribution in [2.75, 3.05) is 13.1 Å². The Hall–Kier alpha value is -0.570. The number of nitrogens with two attached hydrogens (primary N) is 1. The van der Waals surface area contributed by atoms with Gasteiger partial charge in [-0.05, 0) is 5.92 Å². The van der Waals surface area contributed by atoms with Crippen molar-refractivity contribution >= 4 is 5.91 Å². The molecule has 1 amide bonds. The van der Waals surface area contributed by atoms with Crippen LogP contribution in [0.25, 0.3) is 0 Å². The molecule has 1 rings (SSSR count). The molecule has 1 aliphatic rings. The van der Waals surface area contributed by atoms with E-state index in [1.54, 1.807) is 0 Å². The smallest absolute Gasteiger partial charge is 0.222 e. The standard InChI is InChI=1S/C8H16N2O/c1-6(2)3-8(11)10-4-7(9)5-10/h6-7H,3-5,9H2,1-2H3. The third-order valence-electron chi connectivity index (χ3n) is 1.85. The molecule has 1 fully saturated rings. The first-order valence-corrected chi connectivity index (χ1v) is 4.13. The molecule has 1 saturated heterocycles. The molecule has 0 atom stereocenters. The van der Waals surface area contributed by atoms with Crippen LogP contribution in [0, 0.1) is 5.92 Å². The van der Waals surface area contributed by atoms with Crippen LogP contribution in [0.3, 0.4) is 0 Å². The van der Waals surface area contributed by atoms with Crippen LogP contribution in [0.5, 0.6) is 0 Å². The van der Waals surface area contributed by atoms with Gasteiger partial charge in [0.2, 0.25) is 5.91 Å². The SMILES string of the molecule is CC(C)CC(=O)N1CC(N)C1. The zero-order valence-corrected chi connectivity index (χ0v) is 7.21. The van der Waals surface area contributed by atoms with E-state index in [9.17, 15) is 4.79 Å². The lowest BCUT2D eigenvalue weighted by molar-refractivity contribution is -0.136. The summed E-state index contributed by atoms with van der Waals surface area (Å²) in [6.07, 6.45) is 0.659. The number of amides is 1. The van der Waals surface area contributed by atoms with E-state index in [1.165, 1.54) is 0 Å². The predicted octanol–water partition coefficient (Wildman–Crippen LogP) is 0.202. The summed E-state index contributed by atoms with van der Waals surface area (Å²) in [4.78, 5) is 13.1. The summed E-state index contributed by atoms with van der Waals surface area (Å²) < 4.78 is 0. The van der Waals surface area contributed by atoms with E-state index in [2.05, 4.69) is 13.8 Å². The van der Waals surface area contributed by atoms with E-state index in [0.717, 1.165) is 13.1 Å². The molecule has 3 nitrogen and oxygen atoms in total. The number of hydrogen-bond acceptors (Lipinski definition) is 2. The van der Waals surface area contributed by atoms with Gasteiger partial charge in [0, 0.05) is 25.6 Å². The molecule has 0 spiro atoms. The van der Waals surface area contributed by atoms with Crippen molar-refractivity contribution < 1.29 is 4.79 Å². The molecule has 0 radical (unpaired) electrons. The van der Waals surface area contributed by atoms with Gasteiger partial charge in [0.05, 0.1) is 0 Å². The van der Waals surface area contributed by atoms with Crippen LogP contribution >= 0.6 is 0 Å². The molecule has 1 heterocycles. The third kappa shape index (κ3) is 2.19. The van der Waals surface area contributed by atoms with Crippen molar-refractivity contribution in [1.29, 1.82) is 0 Å². The second kappa shape index (κ2) is 3.22. The minimum absolute atomic E-state index is 0.228. The fraction of sp³-hybridized carbons (Fsp3) is 0.875.